The van der Waals surface area contributed by atoms with Crippen LogP contribution in [0.2, 0.25) is 0 Å². The number of rotatable bonds is 4. The van der Waals surface area contributed by atoms with Gasteiger partial charge in [-0.15, -0.1) is 13.1 Å². The largest absolute Gasteiger partial charge is 1.00 e. The van der Waals surface area contributed by atoms with E-state index in [1.165, 1.54) is 0 Å². The van der Waals surface area contributed by atoms with Crippen molar-refractivity contribution in [2.45, 2.75) is 25.7 Å². The van der Waals surface area contributed by atoms with Crippen LogP contribution in [0.5, 0.6) is 0 Å². The minimum Gasteiger partial charge on any atom is -0.660 e. The maximum Gasteiger partial charge on any atom is 1.00 e. The van der Waals surface area contributed by atoms with E-state index in [1.54, 1.807) is 0 Å². The first-order valence-electron chi connectivity index (χ1n) is 6.81. The molecular weight excluding hydrogens is 437 g/mol. The zero-order chi connectivity index (χ0) is 11.9. The normalized spacial score (nSPS) is 20.3. The number of likely N-dealkylation sites (tertiary alicyclic amines) is 1. The van der Waals surface area contributed by atoms with E-state index < -0.39 is 0 Å². The Bertz CT molecular complexity index is 244. The molecular formula is C13H23KN3OW-. The number of hydrogen-bond donors (Lipinski definition) is 0. The van der Waals surface area contributed by atoms with Gasteiger partial charge in [-0.2, -0.15) is 12.8 Å². The summed E-state index contributed by atoms with van der Waals surface area (Å²) in [5, 5.41) is 4.32. The molecule has 2 heterocycles. The van der Waals surface area contributed by atoms with Gasteiger partial charge in [-0.05, 0) is 39.1 Å². The number of hydrogen-bond acceptors (Lipinski definition) is 2. The van der Waals surface area contributed by atoms with E-state index in [0.29, 0.717) is 12.3 Å². The van der Waals surface area contributed by atoms with Crippen molar-refractivity contribution in [3.8, 4) is 0 Å². The summed E-state index contributed by atoms with van der Waals surface area (Å²) in [5.74, 6) is 0.347. The van der Waals surface area contributed by atoms with Crippen molar-refractivity contribution >= 4 is 5.91 Å². The molecule has 2 aliphatic heterocycles. The SMILES string of the molecule is O=C(CCCN1CC[N-]CC1)N1CC[CH-]CC1.[K+].[W]. The molecule has 0 aromatic heterocycles. The smallest absolute Gasteiger partial charge is 0.660 e. The molecule has 6 heteroatoms. The molecule has 2 saturated heterocycles. The minimum absolute atomic E-state index is 0. The van der Waals surface area contributed by atoms with Gasteiger partial charge >= 0.3 is 51.4 Å². The molecule has 0 aromatic rings. The van der Waals surface area contributed by atoms with Gasteiger partial charge in [0.1, 0.15) is 0 Å². The van der Waals surface area contributed by atoms with Crippen LogP contribution in [0.3, 0.4) is 0 Å². The molecule has 0 bridgehead atoms. The molecule has 2 fully saturated rings. The summed E-state index contributed by atoms with van der Waals surface area (Å²) in [5.41, 5.74) is 0. The molecule has 1 amide bonds. The fourth-order valence-corrected chi connectivity index (χ4v) is 2.48. The van der Waals surface area contributed by atoms with Crippen molar-refractivity contribution in [2.24, 2.45) is 0 Å². The molecule has 2 rings (SSSR count). The first kappa shape index (κ1) is 20.7. The molecule has 0 unspecified atom stereocenters. The second-order valence-electron chi connectivity index (χ2n) is 4.86. The van der Waals surface area contributed by atoms with Gasteiger partial charge in [-0.3, -0.25) is 4.79 Å². The number of amides is 1. The van der Waals surface area contributed by atoms with E-state index in [2.05, 4.69) is 16.6 Å². The summed E-state index contributed by atoms with van der Waals surface area (Å²) in [7, 11) is 0. The number of carbonyl (C=O) groups is 1. The van der Waals surface area contributed by atoms with Gasteiger partial charge in [0.2, 0.25) is 5.91 Å². The molecule has 0 aromatic carbocycles. The van der Waals surface area contributed by atoms with Crippen molar-refractivity contribution in [3.05, 3.63) is 11.7 Å². The minimum atomic E-state index is 0. The summed E-state index contributed by atoms with van der Waals surface area (Å²) >= 11 is 0. The third-order valence-corrected chi connectivity index (χ3v) is 3.57. The Morgan fingerprint density at radius 2 is 1.74 bits per heavy atom. The monoisotopic (exact) mass is 460 g/mol. The van der Waals surface area contributed by atoms with Crippen LogP contribution in [0.1, 0.15) is 25.7 Å². The maximum atomic E-state index is 11.9. The Kier molecular flexibility index (Phi) is 13.4. The van der Waals surface area contributed by atoms with Crippen molar-refractivity contribution in [1.29, 1.82) is 0 Å². The fourth-order valence-electron chi connectivity index (χ4n) is 2.48. The second kappa shape index (κ2) is 12.3. The topological polar surface area (TPSA) is 37.7 Å². The van der Waals surface area contributed by atoms with Gasteiger partial charge < -0.3 is 21.5 Å². The standard InChI is InChI=1S/C13H23N3O.K.W/c17-13(16-9-2-1-3-10-16)5-4-8-15-11-6-14-7-12-15;;/h1H,2-12H2;;/q-2;+1;. The predicted octanol–water partition coefficient (Wildman–Crippen LogP) is -1.72. The van der Waals surface area contributed by atoms with E-state index in [4.69, 9.17) is 0 Å². The molecule has 0 spiro atoms. The fraction of sp³-hybridized carbons (Fsp3) is 0.846. The van der Waals surface area contributed by atoms with E-state index in [1.807, 2.05) is 4.90 Å². The summed E-state index contributed by atoms with van der Waals surface area (Å²) in [4.78, 5) is 16.4. The van der Waals surface area contributed by atoms with Crippen LogP contribution in [-0.2, 0) is 25.9 Å². The Morgan fingerprint density at radius 3 is 2.37 bits per heavy atom. The molecule has 0 aliphatic carbocycles. The Balaban J connectivity index is 0.00000162. The Morgan fingerprint density at radius 1 is 1.11 bits per heavy atom. The van der Waals surface area contributed by atoms with Gasteiger partial charge in [0.05, 0.1) is 0 Å². The average molecular weight is 460 g/mol. The van der Waals surface area contributed by atoms with Crippen LogP contribution in [0, 0.1) is 6.42 Å². The quantitative estimate of drug-likeness (QED) is 0.370. The Labute approximate surface area is 174 Å². The van der Waals surface area contributed by atoms with Crippen LogP contribution in [0.25, 0.3) is 5.32 Å². The van der Waals surface area contributed by atoms with Crippen molar-refractivity contribution in [1.82, 2.24) is 9.80 Å². The zero-order valence-electron chi connectivity index (χ0n) is 12.0. The first-order valence-corrected chi connectivity index (χ1v) is 6.81. The molecule has 19 heavy (non-hydrogen) atoms. The van der Waals surface area contributed by atoms with Crippen LogP contribution in [0.15, 0.2) is 0 Å². The third kappa shape index (κ3) is 8.05. The zero-order valence-corrected chi connectivity index (χ0v) is 18.1. The Hall–Kier alpha value is 1.71. The van der Waals surface area contributed by atoms with Crippen molar-refractivity contribution < 1.29 is 77.2 Å². The molecule has 0 N–H and O–H groups in total. The van der Waals surface area contributed by atoms with Crippen molar-refractivity contribution in [2.75, 3.05) is 45.8 Å². The number of piperazine rings is 1. The van der Waals surface area contributed by atoms with Crippen molar-refractivity contribution in [3.63, 3.8) is 0 Å². The summed E-state index contributed by atoms with van der Waals surface area (Å²) in [6, 6.07) is 0. The van der Waals surface area contributed by atoms with E-state index in [-0.39, 0.29) is 72.4 Å². The number of nitrogens with zero attached hydrogens (tertiary/aromatic N) is 3. The summed E-state index contributed by atoms with van der Waals surface area (Å²) < 4.78 is 0. The van der Waals surface area contributed by atoms with Gasteiger partial charge in [-0.25, -0.2) is 0 Å². The molecule has 2 aliphatic rings. The second-order valence-corrected chi connectivity index (χ2v) is 4.86. The summed E-state index contributed by atoms with van der Waals surface area (Å²) in [6.45, 7) is 7.01. The van der Waals surface area contributed by atoms with E-state index in [0.717, 1.165) is 65.1 Å². The van der Waals surface area contributed by atoms with Crippen LogP contribution >= 0.6 is 0 Å². The van der Waals surface area contributed by atoms with Gasteiger partial charge in [-0.1, -0.05) is 0 Å². The van der Waals surface area contributed by atoms with Crippen LogP contribution < -0.4 is 51.4 Å². The molecule has 0 saturated carbocycles. The van der Waals surface area contributed by atoms with Crippen LogP contribution in [-0.4, -0.2) is 61.5 Å². The molecule has 4 nitrogen and oxygen atoms in total. The summed E-state index contributed by atoms with van der Waals surface area (Å²) in [6.07, 6.45) is 6.13. The van der Waals surface area contributed by atoms with E-state index >= 15 is 0 Å². The predicted molar refractivity (Wildman–Crippen MR) is 68.9 cm³/mol. The molecule has 104 valence electrons. The first-order chi connectivity index (χ1) is 8.36. The van der Waals surface area contributed by atoms with Gasteiger partial charge in [0, 0.05) is 27.5 Å². The maximum absolute atomic E-state index is 11.9. The van der Waals surface area contributed by atoms with Gasteiger partial charge in [0.25, 0.3) is 0 Å². The average Bonchev–Trinajstić information content (AvgIpc) is 2.41. The number of piperidine rings is 1. The molecule has 0 radical (unpaired) electrons. The van der Waals surface area contributed by atoms with E-state index in [9.17, 15) is 4.79 Å². The third-order valence-electron chi connectivity index (χ3n) is 3.57. The van der Waals surface area contributed by atoms with Crippen LogP contribution in [0.4, 0.5) is 0 Å². The van der Waals surface area contributed by atoms with Gasteiger partial charge in [0.15, 0.2) is 0 Å². The molecule has 0 atom stereocenters. The number of carbonyl (C=O) groups excluding carboxylic acids is 1.